The molecule has 1 fully saturated rings. The first-order chi connectivity index (χ1) is 6.12. The van der Waals surface area contributed by atoms with Gasteiger partial charge in [0.2, 0.25) is 0 Å². The van der Waals surface area contributed by atoms with Crippen molar-refractivity contribution in [1.29, 1.82) is 0 Å². The van der Waals surface area contributed by atoms with Gasteiger partial charge in [-0.25, -0.2) is 0 Å². The minimum Gasteiger partial charge on any atom is -0.303 e. The molecule has 0 radical (unpaired) electrons. The zero-order valence-corrected chi connectivity index (χ0v) is 10.3. The highest BCUT2D eigenvalue weighted by Crippen LogP contribution is 2.46. The van der Waals surface area contributed by atoms with Crippen LogP contribution in [0.15, 0.2) is 0 Å². The van der Waals surface area contributed by atoms with Crippen molar-refractivity contribution in [2.24, 2.45) is 10.8 Å². The minimum absolute atomic E-state index is 0.0799. The van der Waals surface area contributed by atoms with Crippen molar-refractivity contribution in [3.63, 3.8) is 0 Å². The van der Waals surface area contributed by atoms with Gasteiger partial charge in [0, 0.05) is 18.6 Å². The summed E-state index contributed by atoms with van der Waals surface area (Å²) in [4.78, 5) is 13.6. The van der Waals surface area contributed by atoms with Gasteiger partial charge >= 0.3 is 0 Å². The molecular weight excluding hydrogens is 174 g/mol. The lowest BCUT2D eigenvalue weighted by molar-refractivity contribution is -0.149. The summed E-state index contributed by atoms with van der Waals surface area (Å²) >= 11 is 0. The molecule has 1 aliphatic heterocycles. The zero-order valence-electron chi connectivity index (χ0n) is 10.3. The molecule has 1 heterocycles. The van der Waals surface area contributed by atoms with E-state index < -0.39 is 0 Å². The number of hydrogen-bond acceptors (Lipinski definition) is 2. The van der Waals surface area contributed by atoms with E-state index in [4.69, 9.17) is 0 Å². The molecule has 0 atom stereocenters. The van der Waals surface area contributed by atoms with Crippen LogP contribution in [0.2, 0.25) is 0 Å². The van der Waals surface area contributed by atoms with Crippen LogP contribution in [0, 0.1) is 10.8 Å². The summed E-state index contributed by atoms with van der Waals surface area (Å²) < 4.78 is 0. The molecule has 1 rings (SSSR count). The lowest BCUT2D eigenvalue weighted by Gasteiger charge is -2.58. The molecular formula is C12H23NO. The highest BCUT2D eigenvalue weighted by atomic mass is 16.1. The third kappa shape index (κ3) is 1.72. The quantitative estimate of drug-likeness (QED) is 0.601. The lowest BCUT2D eigenvalue weighted by Crippen LogP contribution is -2.67. The van der Waals surface area contributed by atoms with E-state index in [0.29, 0.717) is 0 Å². The average molecular weight is 197 g/mol. The summed E-state index contributed by atoms with van der Waals surface area (Å²) in [5, 5.41) is 0. The first-order valence-electron chi connectivity index (χ1n) is 5.34. The molecule has 1 aliphatic rings. The Kier molecular flexibility index (Phi) is 2.56. The number of hydrogen-bond donors (Lipinski definition) is 0. The van der Waals surface area contributed by atoms with E-state index in [1.54, 1.807) is 0 Å². The first kappa shape index (κ1) is 11.7. The van der Waals surface area contributed by atoms with E-state index in [9.17, 15) is 4.79 Å². The van der Waals surface area contributed by atoms with Gasteiger partial charge in [-0.2, -0.15) is 0 Å². The van der Waals surface area contributed by atoms with Crippen LogP contribution in [-0.4, -0.2) is 29.8 Å². The Hall–Kier alpha value is -0.370. The maximum absolute atomic E-state index is 11.2. The number of likely N-dealkylation sites (tertiary alicyclic amines) is 1. The van der Waals surface area contributed by atoms with Crippen molar-refractivity contribution >= 4 is 6.29 Å². The average Bonchev–Trinajstić information content (AvgIpc) is 1.78. The van der Waals surface area contributed by atoms with Gasteiger partial charge in [0.25, 0.3) is 0 Å². The predicted molar refractivity (Wildman–Crippen MR) is 59.3 cm³/mol. The van der Waals surface area contributed by atoms with Gasteiger partial charge in [-0.15, -0.1) is 0 Å². The second-order valence-electron chi connectivity index (χ2n) is 6.55. The normalized spacial score (nSPS) is 23.0. The largest absolute Gasteiger partial charge is 0.303 e. The smallest absolute Gasteiger partial charge is 0.129 e. The van der Waals surface area contributed by atoms with E-state index in [1.807, 2.05) is 0 Å². The molecule has 1 saturated heterocycles. The summed E-state index contributed by atoms with van der Waals surface area (Å²) in [5.41, 5.74) is 0.147. The van der Waals surface area contributed by atoms with Gasteiger partial charge in [-0.1, -0.05) is 20.8 Å². The Morgan fingerprint density at radius 2 is 1.50 bits per heavy atom. The highest BCUT2D eigenvalue weighted by Gasteiger charge is 2.53. The summed E-state index contributed by atoms with van der Waals surface area (Å²) in [6.07, 6.45) is 1.16. The Morgan fingerprint density at radius 3 is 1.71 bits per heavy atom. The molecule has 0 unspecified atom stereocenters. The standard InChI is InChI=1S/C12H23NO/c1-10(2,3)12(9-14)7-13(8-12)11(4,5)6/h9H,7-8H2,1-6H3. The van der Waals surface area contributed by atoms with Gasteiger partial charge in [0.05, 0.1) is 5.41 Å². The molecule has 0 aromatic carbocycles. The first-order valence-corrected chi connectivity index (χ1v) is 5.34. The van der Waals surface area contributed by atoms with Crippen LogP contribution in [0.5, 0.6) is 0 Å². The summed E-state index contributed by atoms with van der Waals surface area (Å²) in [6.45, 7) is 14.9. The SMILES string of the molecule is CC(C)(C)N1CC(C=O)(C(C)(C)C)C1. The second kappa shape index (κ2) is 3.06. The lowest BCUT2D eigenvalue weighted by atomic mass is 9.62. The van der Waals surface area contributed by atoms with Crippen molar-refractivity contribution < 1.29 is 4.79 Å². The maximum atomic E-state index is 11.2. The molecule has 0 aromatic rings. The molecule has 0 N–H and O–H groups in total. The molecule has 2 nitrogen and oxygen atoms in total. The molecule has 14 heavy (non-hydrogen) atoms. The van der Waals surface area contributed by atoms with Gasteiger partial charge in [-0.3, -0.25) is 4.90 Å². The molecule has 0 saturated carbocycles. The van der Waals surface area contributed by atoms with Crippen LogP contribution in [0.4, 0.5) is 0 Å². The molecule has 0 spiro atoms. The molecule has 0 aliphatic carbocycles. The fourth-order valence-corrected chi connectivity index (χ4v) is 1.83. The number of nitrogens with zero attached hydrogens (tertiary/aromatic N) is 1. The van der Waals surface area contributed by atoms with Crippen molar-refractivity contribution in [3.05, 3.63) is 0 Å². The third-order valence-electron chi connectivity index (χ3n) is 3.61. The van der Waals surface area contributed by atoms with Crippen LogP contribution in [-0.2, 0) is 4.79 Å². The molecule has 82 valence electrons. The van der Waals surface area contributed by atoms with Crippen molar-refractivity contribution in [2.45, 2.75) is 47.1 Å². The van der Waals surface area contributed by atoms with E-state index >= 15 is 0 Å². The van der Waals surface area contributed by atoms with E-state index in [1.165, 1.54) is 0 Å². The molecule has 0 bridgehead atoms. The maximum Gasteiger partial charge on any atom is 0.129 e. The Balaban J connectivity index is 2.72. The Labute approximate surface area is 87.7 Å². The van der Waals surface area contributed by atoms with Gasteiger partial charge in [-0.05, 0) is 26.2 Å². The number of carbonyl (C=O) groups excluding carboxylic acids is 1. The fourth-order valence-electron chi connectivity index (χ4n) is 1.83. The monoisotopic (exact) mass is 197 g/mol. The van der Waals surface area contributed by atoms with Crippen molar-refractivity contribution in [2.75, 3.05) is 13.1 Å². The van der Waals surface area contributed by atoms with Crippen LogP contribution in [0.25, 0.3) is 0 Å². The third-order valence-corrected chi connectivity index (χ3v) is 3.61. The number of aldehydes is 1. The zero-order chi connectivity index (χ0) is 11.2. The van der Waals surface area contributed by atoms with Gasteiger partial charge in [0.1, 0.15) is 6.29 Å². The van der Waals surface area contributed by atoms with Crippen LogP contribution < -0.4 is 0 Å². The highest BCUT2D eigenvalue weighted by molar-refractivity contribution is 5.63. The minimum atomic E-state index is -0.125. The predicted octanol–water partition coefficient (Wildman–Crippen LogP) is 2.33. The number of carbonyl (C=O) groups is 1. The molecule has 0 amide bonds. The second-order valence-corrected chi connectivity index (χ2v) is 6.55. The van der Waals surface area contributed by atoms with Gasteiger partial charge < -0.3 is 4.79 Å². The van der Waals surface area contributed by atoms with Crippen LogP contribution >= 0.6 is 0 Å². The Morgan fingerprint density at radius 1 is 1.07 bits per heavy atom. The van der Waals surface area contributed by atoms with Crippen molar-refractivity contribution in [1.82, 2.24) is 4.90 Å². The number of rotatable bonds is 1. The fraction of sp³-hybridized carbons (Fsp3) is 0.917. The summed E-state index contributed by atoms with van der Waals surface area (Å²) in [6, 6.07) is 0. The van der Waals surface area contributed by atoms with Crippen LogP contribution in [0.3, 0.4) is 0 Å². The van der Waals surface area contributed by atoms with E-state index in [2.05, 4.69) is 46.4 Å². The molecule has 0 aromatic heterocycles. The van der Waals surface area contributed by atoms with Crippen LogP contribution in [0.1, 0.15) is 41.5 Å². The summed E-state index contributed by atoms with van der Waals surface area (Å²) in [7, 11) is 0. The summed E-state index contributed by atoms with van der Waals surface area (Å²) in [5.74, 6) is 0. The van der Waals surface area contributed by atoms with E-state index in [0.717, 1.165) is 19.4 Å². The van der Waals surface area contributed by atoms with Gasteiger partial charge in [0.15, 0.2) is 0 Å². The Bertz CT molecular complexity index is 226. The van der Waals surface area contributed by atoms with E-state index in [-0.39, 0.29) is 16.4 Å². The topological polar surface area (TPSA) is 20.3 Å². The van der Waals surface area contributed by atoms with Crippen molar-refractivity contribution in [3.8, 4) is 0 Å². The molecule has 2 heteroatoms.